The van der Waals surface area contributed by atoms with Crippen molar-refractivity contribution in [2.24, 2.45) is 11.8 Å². The molecule has 2 heterocycles. The lowest BCUT2D eigenvalue weighted by Gasteiger charge is -2.42. The van der Waals surface area contributed by atoms with Crippen LogP contribution in [0.3, 0.4) is 0 Å². The maximum absolute atomic E-state index is 12.8. The van der Waals surface area contributed by atoms with E-state index in [9.17, 15) is 9.59 Å². The van der Waals surface area contributed by atoms with Crippen molar-refractivity contribution in [3.8, 4) is 0 Å². The van der Waals surface area contributed by atoms with Gasteiger partial charge >= 0.3 is 0 Å². The Morgan fingerprint density at radius 1 is 1.00 bits per heavy atom. The molecular formula is C23H35N3O2. The largest absolute Gasteiger partial charge is 0.342 e. The molecule has 0 saturated carbocycles. The zero-order chi connectivity index (χ0) is 20.1. The summed E-state index contributed by atoms with van der Waals surface area (Å²) >= 11 is 0. The predicted molar refractivity (Wildman–Crippen MR) is 112 cm³/mol. The van der Waals surface area contributed by atoms with Crippen LogP contribution in [0.25, 0.3) is 0 Å². The molecule has 2 saturated heterocycles. The maximum atomic E-state index is 12.8. The van der Waals surface area contributed by atoms with Crippen molar-refractivity contribution in [2.45, 2.75) is 52.1 Å². The molecular weight excluding hydrogens is 350 g/mol. The highest BCUT2D eigenvalue weighted by Crippen LogP contribution is 2.26. The molecule has 154 valence electrons. The zero-order valence-electron chi connectivity index (χ0n) is 17.6. The number of rotatable bonds is 5. The number of hydrogen-bond acceptors (Lipinski definition) is 3. The van der Waals surface area contributed by atoms with Crippen LogP contribution >= 0.6 is 0 Å². The molecule has 5 nitrogen and oxygen atoms in total. The minimum Gasteiger partial charge on any atom is -0.342 e. The SMILES string of the molecule is CC(C)C(=O)N1CCC(N2CCC(C(=O)N(C)Cc3ccccc3)CC2)CC1. The van der Waals surface area contributed by atoms with E-state index in [-0.39, 0.29) is 23.7 Å². The fourth-order valence-corrected chi connectivity index (χ4v) is 4.57. The van der Waals surface area contributed by atoms with Gasteiger partial charge in [-0.15, -0.1) is 0 Å². The van der Waals surface area contributed by atoms with Gasteiger partial charge in [-0.2, -0.15) is 0 Å². The van der Waals surface area contributed by atoms with Gasteiger partial charge in [0.05, 0.1) is 0 Å². The molecule has 2 aliphatic heterocycles. The number of hydrogen-bond donors (Lipinski definition) is 0. The third-order valence-corrected chi connectivity index (χ3v) is 6.30. The Morgan fingerprint density at radius 2 is 1.61 bits per heavy atom. The molecule has 1 aromatic carbocycles. The number of benzene rings is 1. The van der Waals surface area contributed by atoms with Gasteiger partial charge in [-0.3, -0.25) is 9.59 Å². The van der Waals surface area contributed by atoms with Crippen LogP contribution < -0.4 is 0 Å². The second-order valence-corrected chi connectivity index (χ2v) is 8.70. The van der Waals surface area contributed by atoms with Gasteiger partial charge < -0.3 is 14.7 Å². The second-order valence-electron chi connectivity index (χ2n) is 8.70. The summed E-state index contributed by atoms with van der Waals surface area (Å²) in [4.78, 5) is 31.5. The van der Waals surface area contributed by atoms with Gasteiger partial charge in [0.1, 0.15) is 0 Å². The van der Waals surface area contributed by atoms with Gasteiger partial charge in [-0.05, 0) is 44.3 Å². The van der Waals surface area contributed by atoms with Crippen molar-refractivity contribution in [2.75, 3.05) is 33.2 Å². The minimum atomic E-state index is 0.0891. The summed E-state index contributed by atoms with van der Waals surface area (Å²) < 4.78 is 0. The molecule has 0 unspecified atom stereocenters. The van der Waals surface area contributed by atoms with Gasteiger partial charge in [0.15, 0.2) is 0 Å². The Hall–Kier alpha value is -1.88. The number of amides is 2. The van der Waals surface area contributed by atoms with Gasteiger partial charge in [-0.25, -0.2) is 0 Å². The Balaban J connectivity index is 1.43. The molecule has 3 rings (SSSR count). The summed E-state index contributed by atoms with van der Waals surface area (Å²) in [5.74, 6) is 0.795. The van der Waals surface area contributed by atoms with Crippen molar-refractivity contribution in [3.63, 3.8) is 0 Å². The number of carbonyl (C=O) groups excluding carboxylic acids is 2. The van der Waals surface area contributed by atoms with Crippen LogP contribution in [0.4, 0.5) is 0 Å². The van der Waals surface area contributed by atoms with Crippen LogP contribution in [0.15, 0.2) is 30.3 Å². The standard InChI is InChI=1S/C23H35N3O2/c1-18(2)22(27)26-15-11-21(12-16-26)25-13-9-20(10-14-25)23(28)24(3)17-19-7-5-4-6-8-19/h4-8,18,20-21H,9-17H2,1-3H3. The van der Waals surface area contributed by atoms with Crippen molar-refractivity contribution in [1.29, 1.82) is 0 Å². The summed E-state index contributed by atoms with van der Waals surface area (Å²) in [5, 5.41) is 0. The monoisotopic (exact) mass is 385 g/mol. The third-order valence-electron chi connectivity index (χ3n) is 6.30. The summed E-state index contributed by atoms with van der Waals surface area (Å²) in [6.07, 6.45) is 4.02. The summed E-state index contributed by atoms with van der Waals surface area (Å²) in [6.45, 7) is 8.38. The smallest absolute Gasteiger partial charge is 0.225 e. The highest BCUT2D eigenvalue weighted by molar-refractivity contribution is 5.79. The third kappa shape index (κ3) is 5.13. The first-order valence-electron chi connectivity index (χ1n) is 10.8. The molecule has 0 N–H and O–H groups in total. The van der Waals surface area contributed by atoms with Crippen LogP contribution in [-0.2, 0) is 16.1 Å². The van der Waals surface area contributed by atoms with E-state index < -0.39 is 0 Å². The molecule has 2 amide bonds. The molecule has 1 aromatic rings. The maximum Gasteiger partial charge on any atom is 0.225 e. The van der Waals surface area contributed by atoms with E-state index in [0.717, 1.165) is 51.9 Å². The molecule has 2 fully saturated rings. The van der Waals surface area contributed by atoms with Crippen LogP contribution in [0.5, 0.6) is 0 Å². The van der Waals surface area contributed by atoms with Gasteiger partial charge in [0.25, 0.3) is 0 Å². The lowest BCUT2D eigenvalue weighted by atomic mass is 9.92. The molecule has 0 radical (unpaired) electrons. The minimum absolute atomic E-state index is 0.0891. The molecule has 2 aliphatic rings. The Morgan fingerprint density at radius 3 is 2.18 bits per heavy atom. The average molecular weight is 386 g/mol. The number of likely N-dealkylation sites (tertiary alicyclic amines) is 2. The quantitative estimate of drug-likeness (QED) is 0.783. The van der Waals surface area contributed by atoms with E-state index in [1.54, 1.807) is 0 Å². The highest BCUT2D eigenvalue weighted by Gasteiger charge is 2.32. The van der Waals surface area contributed by atoms with E-state index in [4.69, 9.17) is 0 Å². The predicted octanol–water partition coefficient (Wildman–Crippen LogP) is 3.00. The van der Waals surface area contributed by atoms with Crippen LogP contribution in [0.2, 0.25) is 0 Å². The molecule has 0 aliphatic carbocycles. The first-order valence-corrected chi connectivity index (χ1v) is 10.8. The van der Waals surface area contributed by atoms with Crippen LogP contribution in [-0.4, -0.2) is 65.8 Å². The molecule has 0 atom stereocenters. The summed E-state index contributed by atoms with van der Waals surface area (Å²) in [7, 11) is 1.92. The first-order chi connectivity index (χ1) is 13.5. The average Bonchev–Trinajstić information content (AvgIpc) is 2.73. The number of piperidine rings is 2. The molecule has 5 heteroatoms. The van der Waals surface area contributed by atoms with E-state index >= 15 is 0 Å². The molecule has 28 heavy (non-hydrogen) atoms. The van der Waals surface area contributed by atoms with Gasteiger partial charge in [0.2, 0.25) is 11.8 Å². The topological polar surface area (TPSA) is 43.9 Å². The lowest BCUT2D eigenvalue weighted by molar-refractivity contribution is -0.138. The van der Waals surface area contributed by atoms with Crippen LogP contribution in [0, 0.1) is 11.8 Å². The fourth-order valence-electron chi connectivity index (χ4n) is 4.57. The Kier molecular flexibility index (Phi) is 7.11. The highest BCUT2D eigenvalue weighted by atomic mass is 16.2. The molecule has 0 spiro atoms. The van der Waals surface area contributed by atoms with Crippen molar-refractivity contribution in [3.05, 3.63) is 35.9 Å². The summed E-state index contributed by atoms with van der Waals surface area (Å²) in [5.41, 5.74) is 1.18. The lowest BCUT2D eigenvalue weighted by Crippen LogP contribution is -2.50. The van der Waals surface area contributed by atoms with Crippen molar-refractivity contribution >= 4 is 11.8 Å². The van der Waals surface area contributed by atoms with Crippen molar-refractivity contribution < 1.29 is 9.59 Å². The normalized spacial score (nSPS) is 19.8. The van der Waals surface area contributed by atoms with Gasteiger partial charge in [0, 0.05) is 44.6 Å². The Bertz CT molecular complexity index is 645. The number of nitrogens with zero attached hydrogens (tertiary/aromatic N) is 3. The molecule has 0 aromatic heterocycles. The summed E-state index contributed by atoms with van der Waals surface area (Å²) in [6, 6.07) is 10.8. The number of carbonyl (C=O) groups is 2. The van der Waals surface area contributed by atoms with E-state index in [1.807, 2.05) is 48.9 Å². The van der Waals surface area contributed by atoms with E-state index in [1.165, 1.54) is 5.56 Å². The first kappa shape index (κ1) is 20.8. The van der Waals surface area contributed by atoms with E-state index in [0.29, 0.717) is 12.6 Å². The molecule has 0 bridgehead atoms. The van der Waals surface area contributed by atoms with Crippen LogP contribution in [0.1, 0.15) is 45.1 Å². The van der Waals surface area contributed by atoms with Crippen molar-refractivity contribution in [1.82, 2.24) is 14.7 Å². The Labute approximate surface area is 169 Å². The zero-order valence-corrected chi connectivity index (χ0v) is 17.6. The second kappa shape index (κ2) is 9.55. The van der Waals surface area contributed by atoms with E-state index in [2.05, 4.69) is 17.0 Å². The van der Waals surface area contributed by atoms with Gasteiger partial charge in [-0.1, -0.05) is 44.2 Å². The fraction of sp³-hybridized carbons (Fsp3) is 0.652.